The molecule has 5 nitrogen and oxygen atoms in total. The summed E-state index contributed by atoms with van der Waals surface area (Å²) in [5.74, 6) is 2.20. The summed E-state index contributed by atoms with van der Waals surface area (Å²) in [5.41, 5.74) is 1.60. The molecule has 1 heterocycles. The zero-order chi connectivity index (χ0) is 23.0. The molecule has 0 bridgehead atoms. The molecule has 0 aliphatic carbocycles. The lowest BCUT2D eigenvalue weighted by Gasteiger charge is -2.14. The number of methoxy groups -OCH3 is 4. The Hall–Kier alpha value is -3.55. The fourth-order valence-electron chi connectivity index (χ4n) is 3.97. The standard InChI is InChI=1S/C24H22F3NO4/c1-29-19-10-9-16-17-11-20(30-2)21(31-3)12-18(17)28(22(16)23(19)32-4)13-14-5-7-15(8-6-14)24(25,26)27/h5-12H,13H2,1-4H3. The van der Waals surface area contributed by atoms with Crippen molar-refractivity contribution in [2.45, 2.75) is 12.7 Å². The third kappa shape index (κ3) is 3.55. The Kier molecular flexibility index (Phi) is 5.54. The first-order valence-corrected chi connectivity index (χ1v) is 9.77. The maximum atomic E-state index is 13.0. The van der Waals surface area contributed by atoms with Crippen LogP contribution in [0, 0.1) is 0 Å². The highest BCUT2D eigenvalue weighted by molar-refractivity contribution is 6.11. The number of halogens is 3. The highest BCUT2D eigenvalue weighted by Crippen LogP contribution is 2.44. The molecular weight excluding hydrogens is 423 g/mol. The molecule has 0 saturated carbocycles. The van der Waals surface area contributed by atoms with Crippen LogP contribution in [-0.2, 0) is 12.7 Å². The Morgan fingerprint density at radius 1 is 0.719 bits per heavy atom. The number of alkyl halides is 3. The Bertz CT molecular complexity index is 1280. The number of benzene rings is 3. The number of rotatable bonds is 6. The lowest BCUT2D eigenvalue weighted by molar-refractivity contribution is -0.137. The number of ether oxygens (including phenoxy) is 4. The zero-order valence-electron chi connectivity index (χ0n) is 18.0. The summed E-state index contributed by atoms with van der Waals surface area (Å²) in [6.45, 7) is 0.317. The molecule has 0 saturated heterocycles. The van der Waals surface area contributed by atoms with Crippen molar-refractivity contribution in [2.24, 2.45) is 0 Å². The van der Waals surface area contributed by atoms with Crippen LogP contribution >= 0.6 is 0 Å². The van der Waals surface area contributed by atoms with E-state index in [1.807, 2.05) is 28.8 Å². The highest BCUT2D eigenvalue weighted by Gasteiger charge is 2.30. The Morgan fingerprint density at radius 3 is 1.91 bits per heavy atom. The molecule has 8 heteroatoms. The predicted octanol–water partition coefficient (Wildman–Crippen LogP) is 5.90. The highest BCUT2D eigenvalue weighted by atomic mass is 19.4. The maximum Gasteiger partial charge on any atom is 0.416 e. The minimum atomic E-state index is -4.38. The minimum absolute atomic E-state index is 0.317. The van der Waals surface area contributed by atoms with Crippen molar-refractivity contribution in [2.75, 3.05) is 28.4 Å². The molecule has 0 aliphatic heterocycles. The van der Waals surface area contributed by atoms with Gasteiger partial charge in [-0.05, 0) is 35.9 Å². The van der Waals surface area contributed by atoms with Gasteiger partial charge in [-0.3, -0.25) is 0 Å². The van der Waals surface area contributed by atoms with Gasteiger partial charge in [-0.25, -0.2) is 0 Å². The average Bonchev–Trinajstić information content (AvgIpc) is 3.09. The smallest absolute Gasteiger partial charge is 0.416 e. The Morgan fingerprint density at radius 2 is 1.34 bits per heavy atom. The largest absolute Gasteiger partial charge is 0.493 e. The van der Waals surface area contributed by atoms with Crippen LogP contribution in [-0.4, -0.2) is 33.0 Å². The molecule has 0 N–H and O–H groups in total. The SMILES string of the molecule is COc1cc2c3ccc(OC)c(OC)c3n(Cc3ccc(C(F)(F)F)cc3)c2cc1OC. The average molecular weight is 445 g/mol. The normalized spacial score (nSPS) is 11.7. The number of aromatic nitrogens is 1. The van der Waals surface area contributed by atoms with Crippen molar-refractivity contribution in [3.8, 4) is 23.0 Å². The lowest BCUT2D eigenvalue weighted by atomic mass is 10.1. The second-order valence-electron chi connectivity index (χ2n) is 7.20. The van der Waals surface area contributed by atoms with E-state index >= 15 is 0 Å². The summed E-state index contributed by atoms with van der Waals surface area (Å²) in [7, 11) is 6.22. The van der Waals surface area contributed by atoms with Gasteiger partial charge < -0.3 is 23.5 Å². The fourth-order valence-corrected chi connectivity index (χ4v) is 3.97. The van der Waals surface area contributed by atoms with Crippen LogP contribution in [0.1, 0.15) is 11.1 Å². The van der Waals surface area contributed by atoms with Gasteiger partial charge in [0.25, 0.3) is 0 Å². The summed E-state index contributed by atoms with van der Waals surface area (Å²) in [4.78, 5) is 0. The molecule has 32 heavy (non-hydrogen) atoms. The van der Waals surface area contributed by atoms with Gasteiger partial charge in [0, 0.05) is 23.4 Å². The van der Waals surface area contributed by atoms with E-state index in [4.69, 9.17) is 18.9 Å². The van der Waals surface area contributed by atoms with Crippen LogP contribution in [0.25, 0.3) is 21.8 Å². The Balaban J connectivity index is 1.99. The van der Waals surface area contributed by atoms with E-state index in [1.54, 1.807) is 28.4 Å². The maximum absolute atomic E-state index is 13.0. The first-order valence-electron chi connectivity index (χ1n) is 9.77. The van der Waals surface area contributed by atoms with Crippen LogP contribution in [0.2, 0.25) is 0 Å². The van der Waals surface area contributed by atoms with E-state index in [9.17, 15) is 13.2 Å². The van der Waals surface area contributed by atoms with Gasteiger partial charge in [-0.15, -0.1) is 0 Å². The number of nitrogens with zero attached hydrogens (tertiary/aromatic N) is 1. The quantitative estimate of drug-likeness (QED) is 0.371. The minimum Gasteiger partial charge on any atom is -0.493 e. The molecule has 4 aromatic rings. The summed E-state index contributed by atoms with van der Waals surface area (Å²) < 4.78 is 63.1. The van der Waals surface area contributed by atoms with Gasteiger partial charge in [0.1, 0.15) is 0 Å². The summed E-state index contributed by atoms with van der Waals surface area (Å²) >= 11 is 0. The van der Waals surface area contributed by atoms with E-state index in [0.717, 1.165) is 33.9 Å². The summed E-state index contributed by atoms with van der Waals surface area (Å²) in [6.07, 6.45) is -4.38. The van der Waals surface area contributed by atoms with E-state index in [-0.39, 0.29) is 0 Å². The van der Waals surface area contributed by atoms with Crippen molar-refractivity contribution < 1.29 is 32.1 Å². The van der Waals surface area contributed by atoms with Gasteiger partial charge in [-0.2, -0.15) is 13.2 Å². The molecule has 1 aromatic heterocycles. The van der Waals surface area contributed by atoms with Crippen molar-refractivity contribution >= 4 is 21.8 Å². The summed E-state index contributed by atoms with van der Waals surface area (Å²) in [6, 6.07) is 12.6. The molecule has 0 aliphatic rings. The molecule has 0 unspecified atom stereocenters. The molecule has 168 valence electrons. The van der Waals surface area contributed by atoms with Crippen LogP contribution in [0.3, 0.4) is 0 Å². The van der Waals surface area contributed by atoms with E-state index in [1.165, 1.54) is 12.1 Å². The van der Waals surface area contributed by atoms with Gasteiger partial charge >= 0.3 is 6.18 Å². The number of fused-ring (bicyclic) bond motifs is 3. The second-order valence-corrected chi connectivity index (χ2v) is 7.20. The predicted molar refractivity (Wildman–Crippen MR) is 116 cm³/mol. The third-order valence-corrected chi connectivity index (χ3v) is 5.49. The molecule has 0 amide bonds. The van der Waals surface area contributed by atoms with Crippen molar-refractivity contribution in [3.63, 3.8) is 0 Å². The van der Waals surface area contributed by atoms with E-state index in [2.05, 4.69) is 0 Å². The fraction of sp³-hybridized carbons (Fsp3) is 0.250. The zero-order valence-corrected chi connectivity index (χ0v) is 18.0. The van der Waals surface area contributed by atoms with E-state index < -0.39 is 11.7 Å². The van der Waals surface area contributed by atoms with Gasteiger partial charge in [0.15, 0.2) is 23.0 Å². The third-order valence-electron chi connectivity index (χ3n) is 5.49. The molecule has 3 aromatic carbocycles. The monoisotopic (exact) mass is 445 g/mol. The van der Waals surface area contributed by atoms with Crippen molar-refractivity contribution in [3.05, 3.63) is 59.7 Å². The molecule has 0 radical (unpaired) electrons. The molecule has 0 fully saturated rings. The lowest BCUT2D eigenvalue weighted by Crippen LogP contribution is -2.06. The van der Waals surface area contributed by atoms with Crippen molar-refractivity contribution in [1.29, 1.82) is 0 Å². The topological polar surface area (TPSA) is 41.9 Å². The molecule has 0 spiro atoms. The molecular formula is C24H22F3NO4. The Labute approximate surface area is 182 Å². The first-order chi connectivity index (χ1) is 15.3. The van der Waals surface area contributed by atoms with Gasteiger partial charge in [0.05, 0.1) is 45.0 Å². The molecule has 4 rings (SSSR count). The first kappa shape index (κ1) is 21.7. The van der Waals surface area contributed by atoms with Gasteiger partial charge in [0.2, 0.25) is 0 Å². The van der Waals surface area contributed by atoms with Crippen LogP contribution in [0.5, 0.6) is 23.0 Å². The van der Waals surface area contributed by atoms with Crippen LogP contribution < -0.4 is 18.9 Å². The van der Waals surface area contributed by atoms with Crippen molar-refractivity contribution in [1.82, 2.24) is 4.57 Å². The molecule has 0 atom stereocenters. The van der Waals surface area contributed by atoms with Crippen LogP contribution in [0.4, 0.5) is 13.2 Å². The number of hydrogen-bond acceptors (Lipinski definition) is 4. The summed E-state index contributed by atoms with van der Waals surface area (Å²) in [5, 5.41) is 1.79. The van der Waals surface area contributed by atoms with E-state index in [0.29, 0.717) is 35.1 Å². The van der Waals surface area contributed by atoms with Crippen LogP contribution in [0.15, 0.2) is 48.5 Å². The number of hydrogen-bond donors (Lipinski definition) is 0. The second kappa shape index (κ2) is 8.18. The van der Waals surface area contributed by atoms with Gasteiger partial charge in [-0.1, -0.05) is 12.1 Å².